The van der Waals surface area contributed by atoms with Crippen molar-refractivity contribution in [2.75, 3.05) is 13.7 Å². The third-order valence-electron chi connectivity index (χ3n) is 3.25. The molecule has 1 rings (SSSR count). The van der Waals surface area contributed by atoms with Crippen LogP contribution in [0.3, 0.4) is 0 Å². The molecule has 1 amide bonds. The molecule has 0 aliphatic heterocycles. The van der Waals surface area contributed by atoms with Crippen LogP contribution in [0.2, 0.25) is 0 Å². The second-order valence-electron chi connectivity index (χ2n) is 6.06. The summed E-state index contributed by atoms with van der Waals surface area (Å²) in [5.41, 5.74) is 0.0195. The second-order valence-corrected chi connectivity index (χ2v) is 6.06. The molecular weight excluding hydrogens is 270 g/mol. The Hall–Kier alpha value is -2.04. The first-order valence-electron chi connectivity index (χ1n) is 6.85. The van der Waals surface area contributed by atoms with Gasteiger partial charge in [-0.2, -0.15) is 0 Å². The highest BCUT2D eigenvalue weighted by Crippen LogP contribution is 2.21. The highest BCUT2D eigenvalue weighted by molar-refractivity contribution is 5.95. The average Bonchev–Trinajstić information content (AvgIpc) is 2.42. The van der Waals surface area contributed by atoms with E-state index in [0.29, 0.717) is 11.3 Å². The fourth-order valence-electron chi connectivity index (χ4n) is 1.93. The van der Waals surface area contributed by atoms with E-state index in [1.165, 1.54) is 7.11 Å². The van der Waals surface area contributed by atoms with Gasteiger partial charge in [-0.3, -0.25) is 9.59 Å². The summed E-state index contributed by atoms with van der Waals surface area (Å²) in [5.74, 6) is -1.14. The highest BCUT2D eigenvalue weighted by Gasteiger charge is 2.30. The number of rotatable bonds is 5. The van der Waals surface area contributed by atoms with Crippen LogP contribution in [0.15, 0.2) is 24.3 Å². The molecule has 21 heavy (non-hydrogen) atoms. The zero-order chi connectivity index (χ0) is 16.2. The van der Waals surface area contributed by atoms with E-state index in [1.54, 1.807) is 36.1 Å². The molecule has 0 aliphatic rings. The summed E-state index contributed by atoms with van der Waals surface area (Å²) in [5, 5.41) is 9.07. The van der Waals surface area contributed by atoms with Gasteiger partial charge in [-0.05, 0) is 39.0 Å². The topological polar surface area (TPSA) is 66.8 Å². The molecule has 1 atom stereocenters. The highest BCUT2D eigenvalue weighted by atomic mass is 16.5. The van der Waals surface area contributed by atoms with Crippen molar-refractivity contribution in [3.8, 4) is 5.75 Å². The average molecular weight is 293 g/mol. The van der Waals surface area contributed by atoms with Crippen molar-refractivity contribution in [1.29, 1.82) is 0 Å². The van der Waals surface area contributed by atoms with Gasteiger partial charge >= 0.3 is 5.97 Å². The van der Waals surface area contributed by atoms with Gasteiger partial charge in [0.1, 0.15) is 5.75 Å². The molecule has 0 saturated carbocycles. The molecule has 0 saturated heterocycles. The molecule has 5 heteroatoms. The Kier molecular flexibility index (Phi) is 5.35. The van der Waals surface area contributed by atoms with Crippen molar-refractivity contribution < 1.29 is 19.4 Å². The molecular formula is C16H23NO4. The summed E-state index contributed by atoms with van der Waals surface area (Å²) in [6.07, 6.45) is 0. The molecule has 5 nitrogen and oxygen atoms in total. The van der Waals surface area contributed by atoms with E-state index in [1.807, 2.05) is 20.8 Å². The Morgan fingerprint density at radius 2 is 1.95 bits per heavy atom. The van der Waals surface area contributed by atoms with Gasteiger partial charge in [-0.25, -0.2) is 0 Å². The number of benzene rings is 1. The van der Waals surface area contributed by atoms with Crippen LogP contribution in [0.5, 0.6) is 5.75 Å². The summed E-state index contributed by atoms with van der Waals surface area (Å²) < 4.78 is 5.12. The predicted octanol–water partition coefficient (Wildman–Crippen LogP) is 2.66. The van der Waals surface area contributed by atoms with E-state index in [-0.39, 0.29) is 12.5 Å². The molecule has 0 aliphatic carbocycles. The number of nitrogens with zero attached hydrogens (tertiary/aromatic N) is 1. The number of carboxylic acid groups (broad SMARTS) is 1. The van der Waals surface area contributed by atoms with Crippen LogP contribution in [-0.4, -0.2) is 41.1 Å². The van der Waals surface area contributed by atoms with Gasteiger partial charge in [-0.1, -0.05) is 13.0 Å². The van der Waals surface area contributed by atoms with E-state index in [0.717, 1.165) is 0 Å². The van der Waals surface area contributed by atoms with Crippen LogP contribution in [0.4, 0.5) is 0 Å². The van der Waals surface area contributed by atoms with Crippen LogP contribution in [0.1, 0.15) is 38.1 Å². The molecule has 0 fully saturated rings. The van der Waals surface area contributed by atoms with Gasteiger partial charge in [-0.15, -0.1) is 0 Å². The van der Waals surface area contributed by atoms with Crippen LogP contribution in [0, 0.1) is 5.92 Å². The molecule has 1 aromatic rings. The molecule has 0 aromatic heterocycles. The Morgan fingerprint density at radius 1 is 1.33 bits per heavy atom. The number of carbonyl (C=O) groups excluding carboxylic acids is 1. The lowest BCUT2D eigenvalue weighted by Crippen LogP contribution is -2.48. The Labute approximate surface area is 125 Å². The predicted molar refractivity (Wildman–Crippen MR) is 80.6 cm³/mol. The SMILES string of the molecule is COc1cccc(C(=O)N(CC(C)C(=O)O)C(C)(C)C)c1. The lowest BCUT2D eigenvalue weighted by molar-refractivity contribution is -0.141. The minimum atomic E-state index is -0.914. The number of hydrogen-bond donors (Lipinski definition) is 1. The Bertz CT molecular complexity index is 519. The number of hydrogen-bond acceptors (Lipinski definition) is 3. The second kappa shape index (κ2) is 6.61. The lowest BCUT2D eigenvalue weighted by Gasteiger charge is -2.37. The molecule has 0 spiro atoms. The molecule has 0 radical (unpaired) electrons. The Morgan fingerprint density at radius 3 is 2.43 bits per heavy atom. The largest absolute Gasteiger partial charge is 0.497 e. The number of methoxy groups -OCH3 is 1. The first-order chi connectivity index (χ1) is 9.66. The zero-order valence-corrected chi connectivity index (χ0v) is 13.2. The minimum absolute atomic E-state index is 0.162. The zero-order valence-electron chi connectivity index (χ0n) is 13.2. The van der Waals surface area contributed by atoms with Crippen molar-refractivity contribution in [2.45, 2.75) is 33.2 Å². The van der Waals surface area contributed by atoms with Crippen LogP contribution in [-0.2, 0) is 4.79 Å². The van der Waals surface area contributed by atoms with Crippen LogP contribution < -0.4 is 4.74 Å². The van der Waals surface area contributed by atoms with Crippen molar-refractivity contribution in [3.05, 3.63) is 29.8 Å². The Balaban J connectivity index is 3.08. The van der Waals surface area contributed by atoms with E-state index in [2.05, 4.69) is 0 Å². The van der Waals surface area contributed by atoms with Crippen LogP contribution >= 0.6 is 0 Å². The summed E-state index contributed by atoms with van der Waals surface area (Å²) in [6.45, 7) is 7.42. The molecule has 0 bridgehead atoms. The van der Waals surface area contributed by atoms with Gasteiger partial charge in [0.25, 0.3) is 5.91 Å². The summed E-state index contributed by atoms with van der Waals surface area (Å²) >= 11 is 0. The third-order valence-corrected chi connectivity index (χ3v) is 3.25. The van der Waals surface area contributed by atoms with Crippen molar-refractivity contribution in [1.82, 2.24) is 4.90 Å². The van der Waals surface area contributed by atoms with Crippen molar-refractivity contribution >= 4 is 11.9 Å². The van der Waals surface area contributed by atoms with Gasteiger partial charge < -0.3 is 14.7 Å². The number of carboxylic acids is 1. The van der Waals surface area contributed by atoms with Gasteiger partial charge in [0, 0.05) is 17.6 Å². The lowest BCUT2D eigenvalue weighted by atomic mass is 10.0. The quantitative estimate of drug-likeness (QED) is 0.906. The van der Waals surface area contributed by atoms with Gasteiger partial charge in [0.05, 0.1) is 13.0 Å². The first kappa shape index (κ1) is 17.0. The standard InChI is InChI=1S/C16H23NO4/c1-11(15(19)20)10-17(16(2,3)4)14(18)12-7-6-8-13(9-12)21-5/h6-9,11H,10H2,1-5H3,(H,19,20). The molecule has 1 N–H and O–H groups in total. The van der Waals surface area contributed by atoms with Crippen molar-refractivity contribution in [3.63, 3.8) is 0 Å². The molecule has 1 unspecified atom stereocenters. The van der Waals surface area contributed by atoms with E-state index >= 15 is 0 Å². The van der Waals surface area contributed by atoms with Gasteiger partial charge in [0.2, 0.25) is 0 Å². The summed E-state index contributed by atoms with van der Waals surface area (Å²) in [7, 11) is 1.54. The molecule has 1 aromatic carbocycles. The third kappa shape index (κ3) is 4.48. The number of amides is 1. The fraction of sp³-hybridized carbons (Fsp3) is 0.500. The maximum atomic E-state index is 12.7. The number of aliphatic carboxylic acids is 1. The monoisotopic (exact) mass is 293 g/mol. The molecule has 0 heterocycles. The van der Waals surface area contributed by atoms with E-state index in [9.17, 15) is 9.59 Å². The van der Waals surface area contributed by atoms with E-state index < -0.39 is 17.4 Å². The first-order valence-corrected chi connectivity index (χ1v) is 6.85. The number of carbonyl (C=O) groups is 2. The molecule has 116 valence electrons. The van der Waals surface area contributed by atoms with Crippen molar-refractivity contribution in [2.24, 2.45) is 5.92 Å². The maximum absolute atomic E-state index is 12.7. The minimum Gasteiger partial charge on any atom is -0.497 e. The van der Waals surface area contributed by atoms with Gasteiger partial charge in [0.15, 0.2) is 0 Å². The van der Waals surface area contributed by atoms with Crippen LogP contribution in [0.25, 0.3) is 0 Å². The smallest absolute Gasteiger partial charge is 0.308 e. The fourth-order valence-corrected chi connectivity index (χ4v) is 1.93. The normalized spacial score (nSPS) is 12.6. The summed E-state index contributed by atoms with van der Waals surface area (Å²) in [6, 6.07) is 6.87. The maximum Gasteiger partial charge on any atom is 0.308 e. The number of ether oxygens (including phenoxy) is 1. The summed E-state index contributed by atoms with van der Waals surface area (Å²) in [4.78, 5) is 25.3. The van der Waals surface area contributed by atoms with E-state index in [4.69, 9.17) is 9.84 Å².